The molecule has 1 N–H and O–H groups in total. The lowest BCUT2D eigenvalue weighted by Crippen LogP contribution is -1.92. The molecule has 96 valence electrons. The van der Waals surface area contributed by atoms with Crippen LogP contribution in [0.4, 0.5) is 0 Å². The molecule has 0 aliphatic carbocycles. The fraction of sp³-hybridized carbons (Fsp3) is 0.200. The van der Waals surface area contributed by atoms with E-state index in [9.17, 15) is 0 Å². The molecular formula is C10H11N9. The molecule has 9 nitrogen and oxygen atoms in total. The van der Waals surface area contributed by atoms with Gasteiger partial charge in [-0.1, -0.05) is 0 Å². The monoisotopic (exact) mass is 257 g/mol. The van der Waals surface area contributed by atoms with Gasteiger partial charge in [0.25, 0.3) is 0 Å². The van der Waals surface area contributed by atoms with E-state index in [0.29, 0.717) is 17.5 Å². The van der Waals surface area contributed by atoms with Gasteiger partial charge in [-0.05, 0) is 5.21 Å². The molecule has 3 aromatic heterocycles. The molecule has 0 aromatic carbocycles. The van der Waals surface area contributed by atoms with Gasteiger partial charge in [-0.3, -0.25) is 0 Å². The van der Waals surface area contributed by atoms with Crippen molar-refractivity contribution >= 4 is 0 Å². The van der Waals surface area contributed by atoms with Gasteiger partial charge in [-0.15, -0.1) is 10.2 Å². The summed E-state index contributed by atoms with van der Waals surface area (Å²) < 4.78 is 3.49. The van der Waals surface area contributed by atoms with Crippen molar-refractivity contribution < 1.29 is 0 Å². The van der Waals surface area contributed by atoms with E-state index in [0.717, 1.165) is 0 Å². The van der Waals surface area contributed by atoms with Gasteiger partial charge in [0.1, 0.15) is 6.07 Å². The summed E-state index contributed by atoms with van der Waals surface area (Å²) in [5, 5.41) is 21.6. The lowest BCUT2D eigenvalue weighted by atomic mass is 10.6. The van der Waals surface area contributed by atoms with Gasteiger partial charge in [0, 0.05) is 38.9 Å². The van der Waals surface area contributed by atoms with Crippen LogP contribution in [0.15, 0.2) is 24.8 Å². The number of imidazole rings is 2. The Kier molecular flexibility index (Phi) is 3.63. The molecule has 0 amide bonds. The van der Waals surface area contributed by atoms with Crippen LogP contribution in [-0.2, 0) is 14.1 Å². The van der Waals surface area contributed by atoms with E-state index >= 15 is 0 Å². The molecule has 0 atom stereocenters. The van der Waals surface area contributed by atoms with Gasteiger partial charge < -0.3 is 9.13 Å². The van der Waals surface area contributed by atoms with Gasteiger partial charge in [-0.25, -0.2) is 9.97 Å². The highest BCUT2D eigenvalue weighted by molar-refractivity contribution is 5.41. The van der Waals surface area contributed by atoms with E-state index in [1.807, 2.05) is 23.9 Å². The number of hydrogen-bond acceptors (Lipinski definition) is 6. The summed E-state index contributed by atoms with van der Waals surface area (Å²) in [6.07, 6.45) is 6.84. The van der Waals surface area contributed by atoms with Crippen molar-refractivity contribution in [1.82, 2.24) is 39.7 Å². The van der Waals surface area contributed by atoms with Crippen LogP contribution in [0.25, 0.3) is 11.6 Å². The first-order chi connectivity index (χ1) is 9.22. The number of H-pyrrole nitrogens is 1. The highest BCUT2D eigenvalue weighted by Gasteiger charge is 2.06. The maximum atomic E-state index is 8.27. The Morgan fingerprint density at radius 1 is 1.16 bits per heavy atom. The maximum Gasteiger partial charge on any atom is 0.240 e. The Bertz CT molecular complexity index is 670. The van der Waals surface area contributed by atoms with E-state index < -0.39 is 0 Å². The van der Waals surface area contributed by atoms with Crippen molar-refractivity contribution in [2.24, 2.45) is 14.1 Å². The van der Waals surface area contributed by atoms with Gasteiger partial charge in [0.05, 0.1) is 0 Å². The predicted octanol–water partition coefficient (Wildman–Crippen LogP) is -0.108. The minimum absolute atomic E-state index is 0.449. The number of hydrogen-bond donors (Lipinski definition) is 1. The van der Waals surface area contributed by atoms with E-state index in [1.54, 1.807) is 30.2 Å². The molecule has 0 fully saturated rings. The van der Waals surface area contributed by atoms with Crippen LogP contribution >= 0.6 is 0 Å². The smallest absolute Gasteiger partial charge is 0.240 e. The lowest BCUT2D eigenvalue weighted by molar-refractivity contribution is 0.881. The molecule has 0 aliphatic rings. The van der Waals surface area contributed by atoms with Crippen molar-refractivity contribution in [3.8, 4) is 17.7 Å². The first kappa shape index (κ1) is 12.4. The largest absolute Gasteiger partial charge is 0.331 e. The van der Waals surface area contributed by atoms with Crippen LogP contribution in [0.5, 0.6) is 0 Å². The summed E-state index contributed by atoms with van der Waals surface area (Å²) >= 11 is 0. The van der Waals surface area contributed by atoms with Crippen molar-refractivity contribution in [3.63, 3.8) is 0 Å². The third-order valence-electron chi connectivity index (χ3n) is 2.29. The van der Waals surface area contributed by atoms with Crippen LogP contribution in [0, 0.1) is 11.3 Å². The minimum Gasteiger partial charge on any atom is -0.331 e. The van der Waals surface area contributed by atoms with Crippen LogP contribution < -0.4 is 0 Å². The number of nitriles is 1. The average molecular weight is 257 g/mol. The van der Waals surface area contributed by atoms with Crippen LogP contribution in [0.1, 0.15) is 5.82 Å². The van der Waals surface area contributed by atoms with Crippen molar-refractivity contribution in [1.29, 1.82) is 5.26 Å². The topological polar surface area (TPSA) is 114 Å². The Labute approximate surface area is 108 Å². The second-order valence-electron chi connectivity index (χ2n) is 3.57. The SMILES string of the molecule is Cn1ccnc1-c1nn[nH]n1.Cn1ccnc1C#N. The summed E-state index contributed by atoms with van der Waals surface area (Å²) in [7, 11) is 3.66. The number of aryl methyl sites for hydroxylation is 2. The Balaban J connectivity index is 0.000000148. The maximum absolute atomic E-state index is 8.27. The normalized spacial score (nSPS) is 9.53. The second-order valence-corrected chi connectivity index (χ2v) is 3.57. The summed E-state index contributed by atoms with van der Waals surface area (Å²) in [6, 6.07) is 1.93. The van der Waals surface area contributed by atoms with Gasteiger partial charge in [0.2, 0.25) is 11.6 Å². The number of nitrogens with zero attached hydrogens (tertiary/aromatic N) is 8. The molecule has 3 rings (SSSR count). The number of rotatable bonds is 1. The molecule has 0 aliphatic heterocycles. The zero-order valence-electron chi connectivity index (χ0n) is 10.4. The van der Waals surface area contributed by atoms with Crippen molar-refractivity contribution in [2.45, 2.75) is 0 Å². The zero-order chi connectivity index (χ0) is 13.7. The van der Waals surface area contributed by atoms with Gasteiger partial charge in [0.15, 0.2) is 5.82 Å². The molecule has 3 heterocycles. The Morgan fingerprint density at radius 3 is 2.32 bits per heavy atom. The van der Waals surface area contributed by atoms with Crippen molar-refractivity contribution in [3.05, 3.63) is 30.6 Å². The van der Waals surface area contributed by atoms with E-state index in [4.69, 9.17) is 5.26 Å². The third-order valence-corrected chi connectivity index (χ3v) is 2.29. The average Bonchev–Trinajstić information content (AvgIpc) is 3.10. The third kappa shape index (κ3) is 2.81. The molecule has 0 unspecified atom stereocenters. The first-order valence-electron chi connectivity index (χ1n) is 5.31. The highest BCUT2D eigenvalue weighted by Crippen LogP contribution is 2.06. The molecule has 0 spiro atoms. The zero-order valence-corrected chi connectivity index (χ0v) is 10.4. The molecule has 0 radical (unpaired) electrons. The fourth-order valence-electron chi connectivity index (χ4n) is 1.31. The van der Waals surface area contributed by atoms with E-state index in [-0.39, 0.29) is 0 Å². The van der Waals surface area contributed by atoms with Crippen LogP contribution in [-0.4, -0.2) is 39.7 Å². The standard InChI is InChI=1S/C5H6N6.C5H5N3/c1-11-3-2-6-5(11)4-7-9-10-8-4;1-8-3-2-7-5(8)4-6/h2-3H,1H3,(H,7,8,9,10);2-3H,1H3. The molecular weight excluding hydrogens is 246 g/mol. The number of aromatic nitrogens is 8. The summed E-state index contributed by atoms with van der Waals surface area (Å²) in [6.45, 7) is 0. The quantitative estimate of drug-likeness (QED) is 0.650. The number of aromatic amines is 1. The number of nitrogens with one attached hydrogen (secondary N) is 1. The molecule has 19 heavy (non-hydrogen) atoms. The van der Waals surface area contributed by atoms with E-state index in [2.05, 4.69) is 30.6 Å². The first-order valence-corrected chi connectivity index (χ1v) is 5.31. The lowest BCUT2D eigenvalue weighted by Gasteiger charge is -1.91. The Morgan fingerprint density at radius 2 is 1.89 bits per heavy atom. The molecule has 9 heteroatoms. The number of tetrazole rings is 1. The van der Waals surface area contributed by atoms with Gasteiger partial charge >= 0.3 is 0 Å². The van der Waals surface area contributed by atoms with Crippen LogP contribution in [0.2, 0.25) is 0 Å². The van der Waals surface area contributed by atoms with Gasteiger partial charge in [-0.2, -0.15) is 10.5 Å². The molecule has 0 saturated carbocycles. The second kappa shape index (κ2) is 5.54. The molecule has 3 aromatic rings. The van der Waals surface area contributed by atoms with Crippen LogP contribution in [0.3, 0.4) is 0 Å². The summed E-state index contributed by atoms with van der Waals surface area (Å²) in [5.74, 6) is 1.67. The fourth-order valence-corrected chi connectivity index (χ4v) is 1.31. The summed E-state index contributed by atoms with van der Waals surface area (Å²) in [4.78, 5) is 7.77. The van der Waals surface area contributed by atoms with E-state index in [1.165, 1.54) is 0 Å². The Hall–Kier alpha value is -3.02. The predicted molar refractivity (Wildman–Crippen MR) is 64.3 cm³/mol. The molecule has 0 saturated heterocycles. The van der Waals surface area contributed by atoms with Crippen molar-refractivity contribution in [2.75, 3.05) is 0 Å². The summed E-state index contributed by atoms with van der Waals surface area (Å²) in [5.41, 5.74) is 0. The highest BCUT2D eigenvalue weighted by atomic mass is 15.5. The minimum atomic E-state index is 0.449. The molecule has 0 bridgehead atoms.